The van der Waals surface area contributed by atoms with E-state index in [1.165, 1.54) is 17.4 Å². The van der Waals surface area contributed by atoms with E-state index in [0.29, 0.717) is 46.8 Å². The van der Waals surface area contributed by atoms with Gasteiger partial charge in [0.2, 0.25) is 0 Å². The fourth-order valence-corrected chi connectivity index (χ4v) is 4.26. The smallest absolute Gasteiger partial charge is 0.350 e. The largest absolute Gasteiger partial charge is 0.416 e. The van der Waals surface area contributed by atoms with Gasteiger partial charge in [-0.25, -0.2) is 4.98 Å². The number of aromatic nitrogens is 1. The lowest BCUT2D eigenvalue weighted by Gasteiger charge is -2.22. The van der Waals surface area contributed by atoms with Crippen LogP contribution in [0.4, 0.5) is 13.2 Å². The lowest BCUT2D eigenvalue weighted by molar-refractivity contribution is -0.137. The number of rotatable bonds is 9. The van der Waals surface area contributed by atoms with Crippen LogP contribution in [0.15, 0.2) is 53.9 Å². The average Bonchev–Trinajstić information content (AvgIpc) is 3.20. The van der Waals surface area contributed by atoms with Crippen LogP contribution in [0, 0.1) is 5.92 Å². The summed E-state index contributed by atoms with van der Waals surface area (Å²) in [4.78, 5) is 18.7. The van der Waals surface area contributed by atoms with Crippen molar-refractivity contribution in [3.63, 3.8) is 0 Å². The molecule has 0 bridgehead atoms. The number of alkyl halides is 3. The van der Waals surface area contributed by atoms with E-state index in [2.05, 4.69) is 10.3 Å². The van der Waals surface area contributed by atoms with Crippen molar-refractivity contribution in [1.82, 2.24) is 15.2 Å². The molecule has 4 nitrogen and oxygen atoms in total. The molecule has 1 amide bonds. The van der Waals surface area contributed by atoms with E-state index in [1.54, 1.807) is 17.5 Å². The van der Waals surface area contributed by atoms with Gasteiger partial charge in [-0.15, -0.1) is 11.3 Å². The van der Waals surface area contributed by atoms with Crippen molar-refractivity contribution in [3.05, 3.63) is 86.3 Å². The predicted molar refractivity (Wildman–Crippen MR) is 125 cm³/mol. The van der Waals surface area contributed by atoms with Gasteiger partial charge in [-0.1, -0.05) is 55.8 Å². The fraction of sp³-hybridized carbons (Fsp3) is 0.333. The zero-order valence-electron chi connectivity index (χ0n) is 18.3. The Kier molecular flexibility index (Phi) is 8.51. The van der Waals surface area contributed by atoms with Gasteiger partial charge in [0, 0.05) is 30.0 Å². The lowest BCUT2D eigenvalue weighted by Crippen LogP contribution is -2.27. The molecule has 0 spiro atoms. The van der Waals surface area contributed by atoms with Crippen LogP contribution in [0.2, 0.25) is 5.02 Å². The summed E-state index contributed by atoms with van der Waals surface area (Å²) >= 11 is 7.46. The van der Waals surface area contributed by atoms with E-state index in [0.717, 1.165) is 17.7 Å². The molecule has 0 unspecified atom stereocenters. The van der Waals surface area contributed by atoms with Crippen molar-refractivity contribution in [2.75, 3.05) is 6.54 Å². The number of hydrogen-bond donors (Lipinski definition) is 1. The van der Waals surface area contributed by atoms with Gasteiger partial charge < -0.3 is 5.32 Å². The van der Waals surface area contributed by atoms with Crippen LogP contribution >= 0.6 is 22.9 Å². The molecule has 3 rings (SSSR count). The molecule has 0 saturated heterocycles. The lowest BCUT2D eigenvalue weighted by atomic mass is 10.1. The van der Waals surface area contributed by atoms with E-state index < -0.39 is 11.7 Å². The van der Waals surface area contributed by atoms with Gasteiger partial charge in [-0.2, -0.15) is 13.2 Å². The third-order valence-corrected chi connectivity index (χ3v) is 5.84. The highest BCUT2D eigenvalue weighted by Crippen LogP contribution is 2.30. The Morgan fingerprint density at radius 1 is 1.09 bits per heavy atom. The molecule has 1 N–H and O–H groups in total. The zero-order chi connectivity index (χ0) is 24.0. The Morgan fingerprint density at radius 3 is 2.39 bits per heavy atom. The topological polar surface area (TPSA) is 45.2 Å². The van der Waals surface area contributed by atoms with Crippen LogP contribution < -0.4 is 5.32 Å². The number of halogens is 4. The molecular weight excluding hydrogens is 471 g/mol. The first kappa shape index (κ1) is 25.2. The summed E-state index contributed by atoms with van der Waals surface area (Å²) in [5.41, 5.74) is 1.14. The van der Waals surface area contributed by atoms with Crippen molar-refractivity contribution >= 4 is 28.8 Å². The molecule has 0 aliphatic carbocycles. The summed E-state index contributed by atoms with van der Waals surface area (Å²) in [6.07, 6.45) is -4.40. The molecule has 0 aliphatic rings. The summed E-state index contributed by atoms with van der Waals surface area (Å²) in [5, 5.41) is 5.84. The van der Waals surface area contributed by atoms with Crippen LogP contribution in [0.3, 0.4) is 0 Å². The van der Waals surface area contributed by atoms with E-state index in [-0.39, 0.29) is 12.5 Å². The monoisotopic (exact) mass is 495 g/mol. The molecule has 9 heteroatoms. The van der Waals surface area contributed by atoms with E-state index in [1.807, 2.05) is 36.9 Å². The molecule has 0 aliphatic heterocycles. The summed E-state index contributed by atoms with van der Waals surface area (Å²) in [6.45, 7) is 5.70. The van der Waals surface area contributed by atoms with Crippen LogP contribution in [0.25, 0.3) is 0 Å². The number of nitrogens with zero attached hydrogens (tertiary/aromatic N) is 2. The van der Waals surface area contributed by atoms with Gasteiger partial charge >= 0.3 is 6.18 Å². The molecule has 1 aromatic heterocycles. The van der Waals surface area contributed by atoms with Crippen molar-refractivity contribution in [2.45, 2.75) is 39.7 Å². The van der Waals surface area contributed by atoms with Crippen molar-refractivity contribution in [1.29, 1.82) is 0 Å². The second-order valence-electron chi connectivity index (χ2n) is 8.20. The maximum Gasteiger partial charge on any atom is 0.416 e. The molecular formula is C24H25ClF3N3OS. The molecule has 0 saturated carbocycles. The minimum atomic E-state index is -4.40. The van der Waals surface area contributed by atoms with E-state index in [9.17, 15) is 18.0 Å². The van der Waals surface area contributed by atoms with Gasteiger partial charge in [0.1, 0.15) is 10.7 Å². The van der Waals surface area contributed by atoms with Gasteiger partial charge in [-0.3, -0.25) is 9.69 Å². The van der Waals surface area contributed by atoms with E-state index in [4.69, 9.17) is 11.6 Å². The normalized spacial score (nSPS) is 11.9. The van der Waals surface area contributed by atoms with Crippen LogP contribution in [-0.2, 0) is 25.8 Å². The Balaban J connectivity index is 1.79. The number of thiazole rings is 1. The molecule has 0 radical (unpaired) electrons. The maximum atomic E-state index is 13.2. The molecule has 33 heavy (non-hydrogen) atoms. The van der Waals surface area contributed by atoms with Gasteiger partial charge in [0.15, 0.2) is 0 Å². The third kappa shape index (κ3) is 7.84. The van der Waals surface area contributed by atoms with Crippen LogP contribution in [0.1, 0.15) is 46.0 Å². The minimum Gasteiger partial charge on any atom is -0.350 e. The van der Waals surface area contributed by atoms with Crippen molar-refractivity contribution in [3.8, 4) is 0 Å². The minimum absolute atomic E-state index is 0.231. The highest BCUT2D eigenvalue weighted by molar-refractivity contribution is 7.09. The predicted octanol–water partition coefficient (Wildman–Crippen LogP) is 6.40. The number of hydrogen-bond acceptors (Lipinski definition) is 4. The number of carbonyl (C=O) groups excluding carboxylic acids is 1. The standard InChI is InChI=1S/C24H25ClF3N3OS/c1-16(2)11-29-23(32)21-15-33-22(30-21)14-31(13-18-6-4-8-20(25)10-18)12-17-5-3-7-19(9-17)24(26,27)28/h3-10,15-16H,11-14H2,1-2H3,(H,29,32). The molecule has 1 heterocycles. The highest BCUT2D eigenvalue weighted by Gasteiger charge is 2.30. The molecule has 2 aromatic carbocycles. The molecule has 0 fully saturated rings. The number of nitrogens with one attached hydrogen (secondary N) is 1. The SMILES string of the molecule is CC(C)CNC(=O)c1csc(CN(Cc2cccc(Cl)c2)Cc2cccc(C(F)(F)F)c2)n1. The third-order valence-electron chi connectivity index (χ3n) is 4.77. The van der Waals surface area contributed by atoms with Gasteiger partial charge in [-0.05, 0) is 35.2 Å². The summed E-state index contributed by atoms with van der Waals surface area (Å²) in [5.74, 6) is 0.0955. The Labute approximate surface area is 200 Å². The van der Waals surface area contributed by atoms with Crippen LogP contribution in [-0.4, -0.2) is 22.3 Å². The first-order chi connectivity index (χ1) is 15.6. The summed E-state index contributed by atoms with van der Waals surface area (Å²) < 4.78 is 39.5. The van der Waals surface area contributed by atoms with Crippen molar-refractivity contribution < 1.29 is 18.0 Å². The Bertz CT molecular complexity index is 1080. The summed E-state index contributed by atoms with van der Waals surface area (Å²) in [6, 6.07) is 12.7. The highest BCUT2D eigenvalue weighted by atomic mass is 35.5. The number of benzene rings is 2. The fourth-order valence-electron chi connectivity index (χ4n) is 3.23. The molecule has 3 aromatic rings. The molecule has 176 valence electrons. The van der Waals surface area contributed by atoms with Crippen molar-refractivity contribution in [2.24, 2.45) is 5.92 Å². The average molecular weight is 496 g/mol. The second kappa shape index (κ2) is 11.1. The second-order valence-corrected chi connectivity index (χ2v) is 9.58. The summed E-state index contributed by atoms with van der Waals surface area (Å²) in [7, 11) is 0. The van der Waals surface area contributed by atoms with Crippen LogP contribution in [0.5, 0.6) is 0 Å². The Morgan fingerprint density at radius 2 is 1.76 bits per heavy atom. The Hall–Kier alpha value is -2.42. The van der Waals surface area contributed by atoms with Gasteiger partial charge in [0.25, 0.3) is 5.91 Å². The first-order valence-electron chi connectivity index (χ1n) is 10.5. The number of amides is 1. The van der Waals surface area contributed by atoms with E-state index >= 15 is 0 Å². The first-order valence-corrected chi connectivity index (χ1v) is 11.7. The zero-order valence-corrected chi connectivity index (χ0v) is 19.9. The quantitative estimate of drug-likeness (QED) is 0.373. The number of carbonyl (C=O) groups is 1. The van der Waals surface area contributed by atoms with Gasteiger partial charge in [0.05, 0.1) is 12.1 Å². The maximum absolute atomic E-state index is 13.2. The molecule has 0 atom stereocenters.